The molecule has 3 rings (SSSR count). The van der Waals surface area contributed by atoms with E-state index in [-0.39, 0.29) is 11.9 Å². The van der Waals surface area contributed by atoms with Crippen molar-refractivity contribution in [3.8, 4) is 0 Å². The Balaban J connectivity index is 1.67. The van der Waals surface area contributed by atoms with Crippen LogP contribution in [0.1, 0.15) is 50.1 Å². The van der Waals surface area contributed by atoms with Crippen molar-refractivity contribution in [3.63, 3.8) is 0 Å². The number of amides is 3. The zero-order valence-electron chi connectivity index (χ0n) is 20.7. The number of urea groups is 1. The largest absolute Gasteiger partial charge is 0.481 e. The van der Waals surface area contributed by atoms with E-state index in [4.69, 9.17) is 9.84 Å². The van der Waals surface area contributed by atoms with Gasteiger partial charge < -0.3 is 25.4 Å². The molecule has 0 bridgehead atoms. The van der Waals surface area contributed by atoms with Crippen molar-refractivity contribution in [2.24, 2.45) is 0 Å². The van der Waals surface area contributed by atoms with E-state index in [9.17, 15) is 19.2 Å². The molecule has 1 saturated heterocycles. The summed E-state index contributed by atoms with van der Waals surface area (Å²) in [6, 6.07) is 14.5. The average Bonchev–Trinajstić information content (AvgIpc) is 3.27. The van der Waals surface area contributed by atoms with Gasteiger partial charge in [0, 0.05) is 11.4 Å². The maximum atomic E-state index is 13.3. The second kappa shape index (κ2) is 11.5. The van der Waals surface area contributed by atoms with Crippen LogP contribution in [-0.2, 0) is 19.1 Å². The molecule has 0 radical (unpaired) electrons. The molecule has 0 saturated carbocycles. The summed E-state index contributed by atoms with van der Waals surface area (Å²) in [6.45, 7) is 6.58. The van der Waals surface area contributed by atoms with Crippen molar-refractivity contribution in [3.05, 3.63) is 65.7 Å². The third-order valence-corrected chi connectivity index (χ3v) is 6.81. The number of nitrogens with zero attached hydrogens (tertiary/aromatic N) is 1. The molecule has 9 nitrogen and oxygen atoms in total. The summed E-state index contributed by atoms with van der Waals surface area (Å²) in [7, 11) is 0. The van der Waals surface area contributed by atoms with Gasteiger partial charge in [0.1, 0.15) is 17.0 Å². The predicted octanol–water partition coefficient (Wildman–Crippen LogP) is 3.98. The van der Waals surface area contributed by atoms with Crippen LogP contribution < -0.4 is 10.6 Å². The zero-order valence-corrected chi connectivity index (χ0v) is 21.5. The lowest BCUT2D eigenvalue weighted by molar-refractivity contribution is -0.163. The predicted molar refractivity (Wildman–Crippen MR) is 138 cm³/mol. The van der Waals surface area contributed by atoms with Crippen LogP contribution in [-0.4, -0.2) is 57.8 Å². The fraction of sp³-hybridized carbons (Fsp3) is 0.385. The number of ether oxygens (including phenoxy) is 1. The van der Waals surface area contributed by atoms with E-state index >= 15 is 0 Å². The third kappa shape index (κ3) is 7.00. The normalized spacial score (nSPS) is 18.3. The molecular formula is C26H31N3O6S. The van der Waals surface area contributed by atoms with Crippen LogP contribution in [0.15, 0.2) is 54.6 Å². The fourth-order valence-corrected chi connectivity index (χ4v) is 5.09. The van der Waals surface area contributed by atoms with Crippen LogP contribution in [0.5, 0.6) is 0 Å². The second-order valence-corrected chi connectivity index (χ2v) is 10.5. The highest BCUT2D eigenvalue weighted by molar-refractivity contribution is 7.99. The molecule has 36 heavy (non-hydrogen) atoms. The van der Waals surface area contributed by atoms with E-state index in [0.717, 1.165) is 5.56 Å². The van der Waals surface area contributed by atoms with Gasteiger partial charge in [0.15, 0.2) is 0 Å². The number of hydrogen-bond acceptors (Lipinski definition) is 6. The van der Waals surface area contributed by atoms with Crippen molar-refractivity contribution in [1.29, 1.82) is 0 Å². The minimum absolute atomic E-state index is 0.316. The molecule has 10 heteroatoms. The first-order chi connectivity index (χ1) is 17.0. The summed E-state index contributed by atoms with van der Waals surface area (Å²) in [5, 5.41) is 13.9. The molecule has 2 aromatic carbocycles. The molecule has 3 atom stereocenters. The molecule has 0 unspecified atom stereocenters. The summed E-state index contributed by atoms with van der Waals surface area (Å²) >= 11 is 1.47. The van der Waals surface area contributed by atoms with Crippen molar-refractivity contribution < 1.29 is 29.0 Å². The monoisotopic (exact) mass is 513 g/mol. The molecule has 1 aliphatic rings. The highest BCUT2D eigenvalue weighted by atomic mass is 32.2. The summed E-state index contributed by atoms with van der Waals surface area (Å²) in [5.41, 5.74) is 1.24. The lowest BCUT2D eigenvalue weighted by atomic mass is 10.0. The van der Waals surface area contributed by atoms with Gasteiger partial charge >= 0.3 is 18.0 Å². The van der Waals surface area contributed by atoms with Crippen LogP contribution in [0.3, 0.4) is 0 Å². The van der Waals surface area contributed by atoms with Gasteiger partial charge in [-0.05, 0) is 51.0 Å². The molecule has 3 N–H and O–H groups in total. The van der Waals surface area contributed by atoms with Crippen LogP contribution >= 0.6 is 11.8 Å². The number of anilines is 1. The van der Waals surface area contributed by atoms with E-state index in [2.05, 4.69) is 10.6 Å². The van der Waals surface area contributed by atoms with E-state index in [1.54, 1.807) is 52.0 Å². The van der Waals surface area contributed by atoms with Crippen molar-refractivity contribution in [1.82, 2.24) is 10.2 Å². The van der Waals surface area contributed by atoms with Gasteiger partial charge in [0.25, 0.3) is 0 Å². The number of aliphatic carboxylic acids is 1. The Kier molecular flexibility index (Phi) is 8.62. The SMILES string of the molecule is C[C@H](C(=O)O)c1ccc(NC(=O)NCC(=O)N2[C@@H](c3ccccc3)SC[C@H]2C(=O)OC(C)(C)C)cc1. The van der Waals surface area contributed by atoms with Crippen LogP contribution in [0.2, 0.25) is 0 Å². The summed E-state index contributed by atoms with van der Waals surface area (Å²) in [5.74, 6) is -2.12. The third-order valence-electron chi connectivity index (χ3n) is 5.49. The first kappa shape index (κ1) is 27.1. The zero-order chi connectivity index (χ0) is 26.5. The van der Waals surface area contributed by atoms with E-state index in [1.165, 1.54) is 16.7 Å². The van der Waals surface area contributed by atoms with Gasteiger partial charge in [-0.3, -0.25) is 9.59 Å². The minimum atomic E-state index is -0.939. The molecule has 0 aliphatic carbocycles. The first-order valence-corrected chi connectivity index (χ1v) is 12.6. The fourth-order valence-electron chi connectivity index (χ4n) is 3.66. The molecule has 0 aromatic heterocycles. The van der Waals surface area contributed by atoms with Crippen LogP contribution in [0.4, 0.5) is 10.5 Å². The maximum absolute atomic E-state index is 13.3. The Labute approximate surface area is 214 Å². The number of carboxylic acid groups (broad SMARTS) is 1. The van der Waals surface area contributed by atoms with Crippen LogP contribution in [0.25, 0.3) is 0 Å². The molecule has 3 amide bonds. The van der Waals surface area contributed by atoms with Crippen molar-refractivity contribution >= 4 is 41.3 Å². The maximum Gasteiger partial charge on any atom is 0.330 e. The molecule has 192 valence electrons. The standard InChI is InChI=1S/C26H31N3O6S/c1-16(23(31)32)17-10-12-19(13-11-17)28-25(34)27-14-21(30)29-20(24(33)35-26(2,3)4)15-36-22(29)18-8-6-5-7-9-18/h5-13,16,20,22H,14-15H2,1-4H3,(H,31,32)(H2,27,28,34)/t16-,20-,22+/m0/s1. The first-order valence-electron chi connectivity index (χ1n) is 11.5. The lowest BCUT2D eigenvalue weighted by Gasteiger charge is -2.30. The van der Waals surface area contributed by atoms with Gasteiger partial charge in [0.2, 0.25) is 5.91 Å². The lowest BCUT2D eigenvalue weighted by Crippen LogP contribution is -2.49. The minimum Gasteiger partial charge on any atom is -0.481 e. The molecule has 1 fully saturated rings. The van der Waals surface area contributed by atoms with Gasteiger partial charge in [-0.2, -0.15) is 0 Å². The Bertz CT molecular complexity index is 1100. The van der Waals surface area contributed by atoms with Crippen LogP contribution in [0, 0.1) is 0 Å². The molecule has 1 aliphatic heterocycles. The van der Waals surface area contributed by atoms with E-state index in [1.807, 2.05) is 30.3 Å². The second-order valence-electron chi connectivity index (χ2n) is 9.44. The summed E-state index contributed by atoms with van der Waals surface area (Å²) in [6.07, 6.45) is 0. The highest BCUT2D eigenvalue weighted by Crippen LogP contribution is 2.41. The molecule has 0 spiro atoms. The number of carbonyl (C=O) groups excluding carboxylic acids is 3. The average molecular weight is 514 g/mol. The smallest absolute Gasteiger partial charge is 0.330 e. The quantitative estimate of drug-likeness (QED) is 0.478. The number of hydrogen-bond donors (Lipinski definition) is 3. The molecular weight excluding hydrogens is 482 g/mol. The van der Waals surface area contributed by atoms with Crippen molar-refractivity contribution in [2.75, 3.05) is 17.6 Å². The van der Waals surface area contributed by atoms with Gasteiger partial charge in [-0.15, -0.1) is 11.8 Å². The topological polar surface area (TPSA) is 125 Å². The highest BCUT2D eigenvalue weighted by Gasteiger charge is 2.43. The number of carboxylic acids is 1. The Morgan fingerprint density at radius 2 is 1.72 bits per heavy atom. The Morgan fingerprint density at radius 1 is 1.08 bits per heavy atom. The number of rotatable bonds is 7. The van der Waals surface area contributed by atoms with E-state index in [0.29, 0.717) is 17.0 Å². The number of benzene rings is 2. The number of carbonyl (C=O) groups is 4. The van der Waals surface area contributed by atoms with Gasteiger partial charge in [-0.25, -0.2) is 9.59 Å². The number of thioether (sulfide) groups is 1. The Hall–Kier alpha value is -3.53. The number of nitrogens with one attached hydrogen (secondary N) is 2. The van der Waals surface area contributed by atoms with Crippen molar-refractivity contribution in [2.45, 2.75) is 50.6 Å². The van der Waals surface area contributed by atoms with Gasteiger partial charge in [-0.1, -0.05) is 42.5 Å². The Morgan fingerprint density at radius 3 is 2.31 bits per heavy atom. The van der Waals surface area contributed by atoms with Gasteiger partial charge in [0.05, 0.1) is 12.5 Å². The number of esters is 1. The van der Waals surface area contributed by atoms with E-state index < -0.39 is 41.4 Å². The summed E-state index contributed by atoms with van der Waals surface area (Å²) < 4.78 is 5.55. The molecule has 2 aromatic rings. The molecule has 1 heterocycles. The summed E-state index contributed by atoms with van der Waals surface area (Å²) in [4.78, 5) is 51.2.